The van der Waals surface area contributed by atoms with Crippen LogP contribution in [0, 0.1) is 0 Å². The molecule has 29 heavy (non-hydrogen) atoms. The van der Waals surface area contributed by atoms with Crippen LogP contribution in [0.15, 0.2) is 47.4 Å². The average Bonchev–Trinajstić information content (AvgIpc) is 2.64. The van der Waals surface area contributed by atoms with Crippen molar-refractivity contribution < 1.29 is 27.4 Å². The minimum absolute atomic E-state index is 0.0129. The van der Waals surface area contributed by atoms with E-state index in [1.54, 1.807) is 32.9 Å². The Morgan fingerprint density at radius 3 is 2.59 bits per heavy atom. The number of sulfonamides is 1. The van der Waals surface area contributed by atoms with Crippen molar-refractivity contribution in [3.63, 3.8) is 0 Å². The van der Waals surface area contributed by atoms with Gasteiger partial charge in [0.2, 0.25) is 10.0 Å². The van der Waals surface area contributed by atoms with Gasteiger partial charge in [-0.25, -0.2) is 17.9 Å². The van der Waals surface area contributed by atoms with Gasteiger partial charge in [0.1, 0.15) is 18.1 Å². The molecule has 0 aromatic heterocycles. The van der Waals surface area contributed by atoms with Crippen molar-refractivity contribution in [3.05, 3.63) is 53.1 Å². The monoisotopic (exact) mass is 439 g/mol. The highest BCUT2D eigenvalue weighted by molar-refractivity contribution is 7.89. The third kappa shape index (κ3) is 5.41. The SMILES string of the molecule is CC(C)(C)NS(=O)(=O)c1cc(C(=O)OCC2COc3ccccc3O2)ccc1Cl. The summed E-state index contributed by atoms with van der Waals surface area (Å²) in [5.74, 6) is 0.526. The van der Waals surface area contributed by atoms with Gasteiger partial charge >= 0.3 is 5.97 Å². The Morgan fingerprint density at radius 2 is 1.90 bits per heavy atom. The number of esters is 1. The number of benzene rings is 2. The lowest BCUT2D eigenvalue weighted by Crippen LogP contribution is -2.40. The molecule has 0 bridgehead atoms. The Morgan fingerprint density at radius 1 is 1.21 bits per heavy atom. The first-order valence-corrected chi connectivity index (χ1v) is 10.8. The van der Waals surface area contributed by atoms with E-state index in [1.807, 2.05) is 12.1 Å². The van der Waals surface area contributed by atoms with Crippen molar-refractivity contribution in [1.82, 2.24) is 4.72 Å². The predicted octanol–water partition coefficient (Wildman–Crippen LogP) is 3.41. The average molecular weight is 440 g/mol. The Kier molecular flexibility index (Phi) is 6.07. The number of nitrogens with one attached hydrogen (secondary N) is 1. The van der Waals surface area contributed by atoms with Crippen LogP contribution in [0.1, 0.15) is 31.1 Å². The van der Waals surface area contributed by atoms with Crippen LogP contribution in [-0.2, 0) is 14.8 Å². The predicted molar refractivity (Wildman–Crippen MR) is 108 cm³/mol. The number of hydrogen-bond donors (Lipinski definition) is 1. The number of fused-ring (bicyclic) bond motifs is 1. The van der Waals surface area contributed by atoms with Gasteiger partial charge in [-0.1, -0.05) is 23.7 Å². The fourth-order valence-corrected chi connectivity index (χ4v) is 4.64. The second-order valence-corrected chi connectivity index (χ2v) is 9.65. The zero-order valence-electron chi connectivity index (χ0n) is 16.3. The summed E-state index contributed by atoms with van der Waals surface area (Å²) < 4.78 is 44.3. The summed E-state index contributed by atoms with van der Waals surface area (Å²) in [6.07, 6.45) is -0.466. The van der Waals surface area contributed by atoms with E-state index >= 15 is 0 Å². The van der Waals surface area contributed by atoms with E-state index in [-0.39, 0.29) is 28.7 Å². The summed E-state index contributed by atoms with van der Waals surface area (Å²) in [6.45, 7) is 5.32. The molecule has 0 spiro atoms. The van der Waals surface area contributed by atoms with Gasteiger partial charge in [-0.05, 0) is 51.1 Å². The van der Waals surface area contributed by atoms with Crippen LogP contribution in [0.5, 0.6) is 11.5 Å². The van der Waals surface area contributed by atoms with Crippen LogP contribution in [0.3, 0.4) is 0 Å². The molecular weight excluding hydrogens is 418 g/mol. The number of rotatable bonds is 5. The maximum atomic E-state index is 12.6. The van der Waals surface area contributed by atoms with Crippen LogP contribution in [0.4, 0.5) is 0 Å². The molecule has 0 radical (unpaired) electrons. The maximum absolute atomic E-state index is 12.6. The number of carbonyl (C=O) groups is 1. The van der Waals surface area contributed by atoms with Gasteiger partial charge in [0.05, 0.1) is 10.6 Å². The van der Waals surface area contributed by atoms with Crippen molar-refractivity contribution in [2.45, 2.75) is 37.3 Å². The molecule has 2 aromatic rings. The fourth-order valence-electron chi connectivity index (χ4n) is 2.69. The van der Waals surface area contributed by atoms with Crippen LogP contribution >= 0.6 is 11.6 Å². The van der Waals surface area contributed by atoms with Crippen molar-refractivity contribution in [2.24, 2.45) is 0 Å². The zero-order chi connectivity index (χ0) is 21.2. The molecule has 9 heteroatoms. The normalized spacial score (nSPS) is 16.3. The van der Waals surface area contributed by atoms with Gasteiger partial charge in [0, 0.05) is 5.54 Å². The summed E-state index contributed by atoms with van der Waals surface area (Å²) in [6, 6.07) is 11.2. The van der Waals surface area contributed by atoms with Crippen molar-refractivity contribution >= 4 is 27.6 Å². The van der Waals surface area contributed by atoms with Gasteiger partial charge in [0.15, 0.2) is 17.6 Å². The molecule has 1 N–H and O–H groups in total. The Balaban J connectivity index is 1.69. The first-order valence-electron chi connectivity index (χ1n) is 8.94. The highest BCUT2D eigenvalue weighted by Gasteiger charge is 2.26. The fraction of sp³-hybridized carbons (Fsp3) is 0.350. The van der Waals surface area contributed by atoms with Gasteiger partial charge in [-0.2, -0.15) is 0 Å². The van der Waals surface area contributed by atoms with E-state index in [0.717, 1.165) is 0 Å². The first-order chi connectivity index (χ1) is 13.5. The lowest BCUT2D eigenvalue weighted by atomic mass is 10.1. The van der Waals surface area contributed by atoms with Crippen molar-refractivity contribution in [2.75, 3.05) is 13.2 Å². The van der Waals surface area contributed by atoms with Crippen molar-refractivity contribution in [3.8, 4) is 11.5 Å². The number of para-hydroxylation sites is 2. The second kappa shape index (κ2) is 8.22. The third-order valence-electron chi connectivity index (χ3n) is 3.86. The summed E-state index contributed by atoms with van der Waals surface area (Å²) >= 11 is 6.05. The van der Waals surface area contributed by atoms with Crippen LogP contribution in [-0.4, -0.2) is 39.2 Å². The third-order valence-corrected chi connectivity index (χ3v) is 6.10. The van der Waals surface area contributed by atoms with E-state index in [4.69, 9.17) is 25.8 Å². The van der Waals surface area contributed by atoms with E-state index in [1.165, 1.54) is 18.2 Å². The van der Waals surface area contributed by atoms with Crippen LogP contribution in [0.2, 0.25) is 5.02 Å². The maximum Gasteiger partial charge on any atom is 0.338 e. The molecule has 1 heterocycles. The molecule has 0 fully saturated rings. The summed E-state index contributed by atoms with van der Waals surface area (Å²) in [4.78, 5) is 12.2. The quantitative estimate of drug-likeness (QED) is 0.718. The molecule has 2 aromatic carbocycles. The largest absolute Gasteiger partial charge is 0.486 e. The molecule has 0 saturated heterocycles. The minimum Gasteiger partial charge on any atom is -0.486 e. The smallest absolute Gasteiger partial charge is 0.338 e. The molecule has 3 rings (SSSR count). The van der Waals surface area contributed by atoms with Gasteiger partial charge in [-0.3, -0.25) is 0 Å². The molecule has 1 aliphatic heterocycles. The lowest BCUT2D eigenvalue weighted by Gasteiger charge is -2.26. The standard InChI is InChI=1S/C20H22ClNO6S/c1-20(2,3)22-29(24,25)18-10-13(8-9-15(18)21)19(23)27-12-14-11-26-16-6-4-5-7-17(16)28-14/h4-10,14,22H,11-12H2,1-3H3. The molecule has 1 atom stereocenters. The molecule has 1 aliphatic rings. The zero-order valence-corrected chi connectivity index (χ0v) is 17.8. The number of hydrogen-bond acceptors (Lipinski definition) is 6. The minimum atomic E-state index is -3.91. The molecule has 0 aliphatic carbocycles. The molecular formula is C20H22ClNO6S. The van der Waals surface area contributed by atoms with Gasteiger partial charge < -0.3 is 14.2 Å². The van der Waals surface area contributed by atoms with Gasteiger partial charge in [0.25, 0.3) is 0 Å². The Labute approximate surface area is 175 Å². The molecule has 0 saturated carbocycles. The number of ether oxygens (including phenoxy) is 3. The highest BCUT2D eigenvalue weighted by Crippen LogP contribution is 2.31. The van der Waals surface area contributed by atoms with Crippen LogP contribution in [0.25, 0.3) is 0 Å². The molecule has 1 unspecified atom stereocenters. The number of carbonyl (C=O) groups excluding carboxylic acids is 1. The summed E-state index contributed by atoms with van der Waals surface area (Å²) in [7, 11) is -3.91. The molecule has 7 nitrogen and oxygen atoms in total. The van der Waals surface area contributed by atoms with E-state index in [0.29, 0.717) is 11.5 Å². The van der Waals surface area contributed by atoms with Crippen LogP contribution < -0.4 is 14.2 Å². The summed E-state index contributed by atoms with van der Waals surface area (Å²) in [5.41, 5.74) is -0.631. The summed E-state index contributed by atoms with van der Waals surface area (Å²) in [5, 5.41) is 0.0129. The van der Waals surface area contributed by atoms with Gasteiger partial charge in [-0.15, -0.1) is 0 Å². The Hall–Kier alpha value is -2.29. The second-order valence-electron chi connectivity index (χ2n) is 7.60. The Bertz CT molecular complexity index is 1020. The topological polar surface area (TPSA) is 90.9 Å². The molecule has 0 amide bonds. The number of halogens is 1. The van der Waals surface area contributed by atoms with E-state index in [2.05, 4.69) is 4.72 Å². The highest BCUT2D eigenvalue weighted by atomic mass is 35.5. The van der Waals surface area contributed by atoms with E-state index < -0.39 is 27.6 Å². The van der Waals surface area contributed by atoms with Crippen molar-refractivity contribution in [1.29, 1.82) is 0 Å². The van der Waals surface area contributed by atoms with E-state index in [9.17, 15) is 13.2 Å². The lowest BCUT2D eigenvalue weighted by molar-refractivity contribution is 0.0109. The molecule has 156 valence electrons. The first kappa shape index (κ1) is 21.4.